The van der Waals surface area contributed by atoms with E-state index in [0.717, 1.165) is 11.3 Å². The molecule has 2 N–H and O–H groups in total. The third kappa shape index (κ3) is 2.08. The molecule has 0 radical (unpaired) electrons. The monoisotopic (exact) mass is 201 g/mol. The predicted molar refractivity (Wildman–Crippen MR) is 57.3 cm³/mol. The highest BCUT2D eigenvalue weighted by molar-refractivity contribution is 5.55. The van der Waals surface area contributed by atoms with Crippen molar-refractivity contribution in [3.8, 4) is 0 Å². The van der Waals surface area contributed by atoms with E-state index in [1.54, 1.807) is 0 Å². The van der Waals surface area contributed by atoms with Crippen molar-refractivity contribution in [1.29, 1.82) is 0 Å². The van der Waals surface area contributed by atoms with Gasteiger partial charge in [-0.2, -0.15) is 9.97 Å². The topological polar surface area (TPSA) is 67.9 Å². The summed E-state index contributed by atoms with van der Waals surface area (Å²) in [6.07, 6.45) is 2.83. The van der Waals surface area contributed by atoms with Gasteiger partial charge in [0, 0.05) is 0 Å². The summed E-state index contributed by atoms with van der Waals surface area (Å²) in [6.45, 7) is 2.00. The van der Waals surface area contributed by atoms with Gasteiger partial charge < -0.3 is 0 Å². The average molecular weight is 201 g/mol. The lowest BCUT2D eigenvalue weighted by Crippen LogP contribution is -2.26. The van der Waals surface area contributed by atoms with E-state index in [0.29, 0.717) is 5.95 Å². The summed E-state index contributed by atoms with van der Waals surface area (Å²) >= 11 is 0. The van der Waals surface area contributed by atoms with Crippen molar-refractivity contribution in [2.24, 2.45) is 5.84 Å². The SMILES string of the molecule is Cc1cccc(N(N)c2ncncn2)c1. The Bertz CT molecular complexity index is 443. The maximum Gasteiger partial charge on any atom is 0.247 e. The van der Waals surface area contributed by atoms with Crippen LogP contribution in [0.15, 0.2) is 36.9 Å². The molecule has 0 aliphatic rings. The molecule has 0 spiro atoms. The van der Waals surface area contributed by atoms with E-state index in [2.05, 4.69) is 15.0 Å². The van der Waals surface area contributed by atoms with Crippen LogP contribution in [0, 0.1) is 6.92 Å². The zero-order chi connectivity index (χ0) is 10.7. The normalized spacial score (nSPS) is 10.0. The van der Waals surface area contributed by atoms with Gasteiger partial charge >= 0.3 is 0 Å². The molecule has 0 saturated carbocycles. The van der Waals surface area contributed by atoms with Gasteiger partial charge in [0.1, 0.15) is 12.7 Å². The molecule has 0 aliphatic heterocycles. The summed E-state index contributed by atoms with van der Waals surface area (Å²) in [5.74, 6) is 6.29. The number of rotatable bonds is 2. The fourth-order valence-corrected chi connectivity index (χ4v) is 1.25. The first-order chi connectivity index (χ1) is 7.27. The first-order valence-electron chi connectivity index (χ1n) is 4.51. The summed E-state index contributed by atoms with van der Waals surface area (Å²) in [5, 5.41) is 1.43. The molecule has 2 rings (SSSR count). The zero-order valence-corrected chi connectivity index (χ0v) is 8.33. The number of hydrazine groups is 1. The molecule has 5 nitrogen and oxygen atoms in total. The van der Waals surface area contributed by atoms with E-state index in [1.807, 2.05) is 31.2 Å². The van der Waals surface area contributed by atoms with Crippen molar-refractivity contribution in [2.75, 3.05) is 5.01 Å². The Morgan fingerprint density at radius 2 is 1.93 bits per heavy atom. The number of hydrogen-bond acceptors (Lipinski definition) is 5. The Labute approximate surface area is 87.6 Å². The van der Waals surface area contributed by atoms with E-state index in [4.69, 9.17) is 5.84 Å². The van der Waals surface area contributed by atoms with E-state index < -0.39 is 0 Å². The molecule has 1 heterocycles. The van der Waals surface area contributed by atoms with Crippen LogP contribution in [0.3, 0.4) is 0 Å². The van der Waals surface area contributed by atoms with E-state index >= 15 is 0 Å². The second kappa shape index (κ2) is 4.02. The number of hydrogen-bond donors (Lipinski definition) is 1. The van der Waals surface area contributed by atoms with Crippen molar-refractivity contribution >= 4 is 11.6 Å². The molecule has 15 heavy (non-hydrogen) atoms. The molecule has 1 aromatic carbocycles. The fourth-order valence-electron chi connectivity index (χ4n) is 1.25. The van der Waals surface area contributed by atoms with Crippen molar-refractivity contribution in [2.45, 2.75) is 6.92 Å². The maximum absolute atomic E-state index is 5.87. The van der Waals surface area contributed by atoms with Gasteiger partial charge in [-0.25, -0.2) is 15.8 Å². The van der Waals surface area contributed by atoms with Gasteiger partial charge in [-0.3, -0.25) is 0 Å². The molecule has 0 amide bonds. The molecule has 0 aliphatic carbocycles. The summed E-state index contributed by atoms with van der Waals surface area (Å²) in [6, 6.07) is 7.80. The van der Waals surface area contributed by atoms with E-state index in [9.17, 15) is 0 Å². The molecule has 0 atom stereocenters. The van der Waals surface area contributed by atoms with Gasteiger partial charge in [0.2, 0.25) is 5.95 Å². The maximum atomic E-state index is 5.87. The van der Waals surface area contributed by atoms with Crippen LogP contribution in [0.25, 0.3) is 0 Å². The minimum Gasteiger partial charge on any atom is -0.246 e. The zero-order valence-electron chi connectivity index (χ0n) is 8.33. The standard InChI is InChI=1S/C10H11N5/c1-8-3-2-4-9(5-8)15(11)10-13-6-12-7-14-10/h2-7H,11H2,1H3. The number of nitrogens with zero attached hydrogens (tertiary/aromatic N) is 4. The van der Waals surface area contributed by atoms with Crippen LogP contribution in [0.2, 0.25) is 0 Å². The van der Waals surface area contributed by atoms with E-state index in [1.165, 1.54) is 17.7 Å². The predicted octanol–water partition coefficient (Wildman–Crippen LogP) is 1.19. The smallest absolute Gasteiger partial charge is 0.246 e. The van der Waals surface area contributed by atoms with Crippen LogP contribution in [0.5, 0.6) is 0 Å². The van der Waals surface area contributed by atoms with Crippen LogP contribution < -0.4 is 10.9 Å². The molecule has 2 aromatic rings. The largest absolute Gasteiger partial charge is 0.247 e. The second-order valence-corrected chi connectivity index (χ2v) is 3.15. The van der Waals surface area contributed by atoms with Crippen molar-refractivity contribution in [3.05, 3.63) is 42.5 Å². The van der Waals surface area contributed by atoms with Crippen LogP contribution in [-0.2, 0) is 0 Å². The quantitative estimate of drug-likeness (QED) is 0.584. The van der Waals surface area contributed by atoms with Gasteiger partial charge in [-0.1, -0.05) is 12.1 Å². The summed E-state index contributed by atoms with van der Waals surface area (Å²) < 4.78 is 0. The van der Waals surface area contributed by atoms with Crippen LogP contribution in [0.1, 0.15) is 5.56 Å². The number of aromatic nitrogens is 3. The minimum absolute atomic E-state index is 0.426. The Morgan fingerprint density at radius 3 is 2.60 bits per heavy atom. The highest BCUT2D eigenvalue weighted by Crippen LogP contribution is 2.17. The average Bonchev–Trinajstić information content (AvgIpc) is 2.29. The Morgan fingerprint density at radius 1 is 1.20 bits per heavy atom. The van der Waals surface area contributed by atoms with Gasteiger partial charge in [0.25, 0.3) is 0 Å². The molecule has 0 saturated heterocycles. The molecule has 0 fully saturated rings. The third-order valence-electron chi connectivity index (χ3n) is 1.98. The summed E-state index contributed by atoms with van der Waals surface area (Å²) in [7, 11) is 0. The lowest BCUT2D eigenvalue weighted by Gasteiger charge is -2.15. The third-order valence-corrected chi connectivity index (χ3v) is 1.98. The molecule has 5 heteroatoms. The van der Waals surface area contributed by atoms with Crippen molar-refractivity contribution in [1.82, 2.24) is 15.0 Å². The van der Waals surface area contributed by atoms with Gasteiger partial charge in [0.05, 0.1) is 5.69 Å². The van der Waals surface area contributed by atoms with Crippen LogP contribution in [-0.4, -0.2) is 15.0 Å². The van der Waals surface area contributed by atoms with Gasteiger partial charge in [-0.15, -0.1) is 0 Å². The molecular weight excluding hydrogens is 190 g/mol. The Balaban J connectivity index is 2.32. The Hall–Kier alpha value is -2.01. The lowest BCUT2D eigenvalue weighted by atomic mass is 10.2. The Kier molecular flexibility index (Phi) is 2.55. The highest BCUT2D eigenvalue weighted by Gasteiger charge is 2.06. The van der Waals surface area contributed by atoms with Gasteiger partial charge in [0.15, 0.2) is 0 Å². The lowest BCUT2D eigenvalue weighted by molar-refractivity contribution is 0.941. The molecular formula is C10H11N5. The molecule has 0 unspecified atom stereocenters. The molecule has 1 aromatic heterocycles. The van der Waals surface area contributed by atoms with Crippen molar-refractivity contribution < 1.29 is 0 Å². The van der Waals surface area contributed by atoms with Gasteiger partial charge in [-0.05, 0) is 24.6 Å². The number of nitrogens with two attached hydrogens (primary N) is 1. The van der Waals surface area contributed by atoms with E-state index in [-0.39, 0.29) is 0 Å². The fraction of sp³-hybridized carbons (Fsp3) is 0.100. The number of benzene rings is 1. The highest BCUT2D eigenvalue weighted by atomic mass is 15.5. The first-order valence-corrected chi connectivity index (χ1v) is 4.51. The minimum atomic E-state index is 0.426. The second-order valence-electron chi connectivity index (χ2n) is 3.15. The summed E-state index contributed by atoms with van der Waals surface area (Å²) in [4.78, 5) is 11.7. The molecule has 76 valence electrons. The first kappa shape index (κ1) is 9.54. The number of anilines is 2. The van der Waals surface area contributed by atoms with Crippen LogP contribution in [0.4, 0.5) is 11.6 Å². The van der Waals surface area contributed by atoms with Crippen LogP contribution >= 0.6 is 0 Å². The molecule has 0 bridgehead atoms. The summed E-state index contributed by atoms with van der Waals surface area (Å²) in [5.41, 5.74) is 1.98. The van der Waals surface area contributed by atoms with Crippen molar-refractivity contribution in [3.63, 3.8) is 0 Å². The number of aryl methyl sites for hydroxylation is 1.